The van der Waals surface area contributed by atoms with Crippen molar-refractivity contribution in [2.24, 2.45) is 0 Å². The number of benzene rings is 2. The van der Waals surface area contributed by atoms with Gasteiger partial charge in [-0.05, 0) is 30.3 Å². The van der Waals surface area contributed by atoms with E-state index in [4.69, 9.17) is 11.6 Å². The van der Waals surface area contributed by atoms with Crippen LogP contribution in [0.5, 0.6) is 0 Å². The van der Waals surface area contributed by atoms with Gasteiger partial charge >= 0.3 is 0 Å². The lowest BCUT2D eigenvalue weighted by Crippen LogP contribution is -2.00. The SMILES string of the molecule is O=c1c2ccc(Br)cc2sc2c(Cl)cccc12. The maximum atomic E-state index is 12.3. The summed E-state index contributed by atoms with van der Waals surface area (Å²) in [6, 6.07) is 11.1. The van der Waals surface area contributed by atoms with Gasteiger partial charge in [-0.3, -0.25) is 4.79 Å². The zero-order chi connectivity index (χ0) is 12.0. The molecule has 1 heterocycles. The molecule has 17 heavy (non-hydrogen) atoms. The van der Waals surface area contributed by atoms with Gasteiger partial charge in [0.15, 0.2) is 5.43 Å². The largest absolute Gasteiger partial charge is 0.289 e. The first-order chi connectivity index (χ1) is 8.16. The second-order valence-corrected chi connectivity index (χ2v) is 6.06. The Balaban J connectivity index is 2.62. The summed E-state index contributed by atoms with van der Waals surface area (Å²) >= 11 is 11.1. The molecule has 1 nitrogen and oxygen atoms in total. The fourth-order valence-corrected chi connectivity index (χ4v) is 3.73. The molecule has 0 radical (unpaired) electrons. The topological polar surface area (TPSA) is 17.1 Å². The highest BCUT2D eigenvalue weighted by atomic mass is 79.9. The summed E-state index contributed by atoms with van der Waals surface area (Å²) in [6.45, 7) is 0. The van der Waals surface area contributed by atoms with E-state index in [0.29, 0.717) is 10.4 Å². The minimum Gasteiger partial charge on any atom is -0.289 e. The van der Waals surface area contributed by atoms with Gasteiger partial charge in [0.25, 0.3) is 0 Å². The van der Waals surface area contributed by atoms with Crippen LogP contribution in [0.4, 0.5) is 0 Å². The predicted molar refractivity (Wildman–Crippen MR) is 78.3 cm³/mol. The zero-order valence-corrected chi connectivity index (χ0v) is 11.7. The molecule has 0 saturated heterocycles. The third-order valence-corrected chi connectivity index (χ3v) is 4.73. The standard InChI is InChI=1S/C13H6BrClOS/c14-7-4-5-8-11(6-7)17-13-9(12(8)16)2-1-3-10(13)15/h1-6H. The first kappa shape index (κ1) is 11.2. The molecule has 0 fully saturated rings. The molecule has 0 spiro atoms. The van der Waals surface area contributed by atoms with E-state index >= 15 is 0 Å². The van der Waals surface area contributed by atoms with Crippen molar-refractivity contribution in [3.8, 4) is 0 Å². The van der Waals surface area contributed by atoms with E-state index in [-0.39, 0.29) is 5.43 Å². The van der Waals surface area contributed by atoms with E-state index in [1.807, 2.05) is 36.4 Å². The van der Waals surface area contributed by atoms with Crippen LogP contribution >= 0.6 is 38.9 Å². The number of fused-ring (bicyclic) bond motifs is 2. The Morgan fingerprint density at radius 3 is 2.76 bits per heavy atom. The molecule has 0 aliphatic heterocycles. The lowest BCUT2D eigenvalue weighted by molar-refractivity contribution is 1.71. The molecule has 3 rings (SSSR count). The molecule has 2 aromatic carbocycles. The average molecular weight is 326 g/mol. The Bertz CT molecular complexity index is 794. The fourth-order valence-electron chi connectivity index (χ4n) is 1.81. The second-order valence-electron chi connectivity index (χ2n) is 3.69. The van der Waals surface area contributed by atoms with Crippen molar-refractivity contribution in [3.63, 3.8) is 0 Å². The van der Waals surface area contributed by atoms with Crippen molar-refractivity contribution in [2.45, 2.75) is 0 Å². The van der Waals surface area contributed by atoms with Gasteiger partial charge in [-0.2, -0.15) is 0 Å². The van der Waals surface area contributed by atoms with Crippen LogP contribution in [0, 0.1) is 0 Å². The molecule has 0 N–H and O–H groups in total. The van der Waals surface area contributed by atoms with Gasteiger partial charge in [0.1, 0.15) is 0 Å². The van der Waals surface area contributed by atoms with Crippen LogP contribution in [0.3, 0.4) is 0 Å². The first-order valence-corrected chi connectivity index (χ1v) is 6.96. The van der Waals surface area contributed by atoms with Crippen molar-refractivity contribution in [2.75, 3.05) is 0 Å². The molecule has 0 unspecified atom stereocenters. The Morgan fingerprint density at radius 1 is 1.12 bits per heavy atom. The van der Waals surface area contributed by atoms with Crippen LogP contribution in [0.15, 0.2) is 45.7 Å². The third-order valence-electron chi connectivity index (χ3n) is 2.61. The maximum absolute atomic E-state index is 12.3. The molecule has 0 atom stereocenters. The van der Waals surface area contributed by atoms with Gasteiger partial charge in [-0.25, -0.2) is 0 Å². The van der Waals surface area contributed by atoms with Crippen LogP contribution < -0.4 is 5.43 Å². The predicted octanol–water partition coefficient (Wildman–Crippen LogP) is 4.83. The number of halogens is 2. The quantitative estimate of drug-likeness (QED) is 0.541. The molecule has 1 aromatic heterocycles. The summed E-state index contributed by atoms with van der Waals surface area (Å²) in [6.07, 6.45) is 0. The molecule has 0 saturated carbocycles. The van der Waals surface area contributed by atoms with E-state index in [2.05, 4.69) is 15.9 Å². The average Bonchev–Trinajstić information content (AvgIpc) is 2.30. The van der Waals surface area contributed by atoms with Crippen molar-refractivity contribution >= 4 is 59.0 Å². The number of hydrogen-bond donors (Lipinski definition) is 0. The van der Waals surface area contributed by atoms with Crippen molar-refractivity contribution in [1.29, 1.82) is 0 Å². The van der Waals surface area contributed by atoms with Crippen LogP contribution in [-0.4, -0.2) is 0 Å². The number of rotatable bonds is 0. The summed E-state index contributed by atoms with van der Waals surface area (Å²) in [5, 5.41) is 2.07. The summed E-state index contributed by atoms with van der Waals surface area (Å²) in [7, 11) is 0. The molecule has 0 aliphatic rings. The third kappa shape index (κ3) is 1.79. The zero-order valence-electron chi connectivity index (χ0n) is 8.54. The van der Waals surface area contributed by atoms with Crippen LogP contribution in [0.25, 0.3) is 20.2 Å². The Morgan fingerprint density at radius 2 is 1.94 bits per heavy atom. The highest BCUT2D eigenvalue weighted by Crippen LogP contribution is 2.31. The molecule has 84 valence electrons. The Kier molecular flexibility index (Phi) is 2.69. The van der Waals surface area contributed by atoms with Gasteiger partial charge in [0.2, 0.25) is 0 Å². The Hall–Kier alpha value is -0.900. The number of hydrogen-bond acceptors (Lipinski definition) is 2. The van der Waals surface area contributed by atoms with Crippen LogP contribution in [-0.2, 0) is 0 Å². The van der Waals surface area contributed by atoms with E-state index < -0.39 is 0 Å². The summed E-state index contributed by atoms with van der Waals surface area (Å²) in [5.74, 6) is 0. The second kappa shape index (κ2) is 4.09. The highest BCUT2D eigenvalue weighted by molar-refractivity contribution is 9.10. The van der Waals surface area contributed by atoms with Crippen molar-refractivity contribution in [1.82, 2.24) is 0 Å². The van der Waals surface area contributed by atoms with Crippen molar-refractivity contribution in [3.05, 3.63) is 56.1 Å². The smallest absolute Gasteiger partial charge is 0.195 e. The summed E-state index contributed by atoms with van der Waals surface area (Å²) < 4.78 is 2.77. The highest BCUT2D eigenvalue weighted by Gasteiger charge is 2.08. The van der Waals surface area contributed by atoms with E-state index in [0.717, 1.165) is 19.3 Å². The molecule has 0 amide bonds. The minimum absolute atomic E-state index is 0.0451. The molecular weight excluding hydrogens is 320 g/mol. The summed E-state index contributed by atoms with van der Waals surface area (Å²) in [5.41, 5.74) is 0.0451. The Labute approximate surface area is 115 Å². The molecule has 0 aliphatic carbocycles. The van der Waals surface area contributed by atoms with Crippen LogP contribution in [0.2, 0.25) is 5.02 Å². The maximum Gasteiger partial charge on any atom is 0.195 e. The van der Waals surface area contributed by atoms with Gasteiger partial charge in [-0.1, -0.05) is 33.6 Å². The van der Waals surface area contributed by atoms with Gasteiger partial charge in [0.05, 0.1) is 9.72 Å². The van der Waals surface area contributed by atoms with Gasteiger partial charge in [-0.15, -0.1) is 11.3 Å². The normalized spacial score (nSPS) is 11.2. The van der Waals surface area contributed by atoms with Gasteiger partial charge in [0, 0.05) is 19.9 Å². The molecule has 4 heteroatoms. The molecular formula is C13H6BrClOS. The first-order valence-electron chi connectivity index (χ1n) is 4.97. The monoisotopic (exact) mass is 324 g/mol. The summed E-state index contributed by atoms with van der Waals surface area (Å²) in [4.78, 5) is 12.3. The van der Waals surface area contributed by atoms with Crippen LogP contribution in [0.1, 0.15) is 0 Å². The van der Waals surface area contributed by atoms with Crippen molar-refractivity contribution < 1.29 is 0 Å². The van der Waals surface area contributed by atoms with Gasteiger partial charge < -0.3 is 0 Å². The lowest BCUT2D eigenvalue weighted by Gasteiger charge is -2.02. The van der Waals surface area contributed by atoms with E-state index in [1.54, 1.807) is 11.3 Å². The fraction of sp³-hybridized carbons (Fsp3) is 0. The van der Waals surface area contributed by atoms with E-state index in [1.165, 1.54) is 0 Å². The van der Waals surface area contributed by atoms with E-state index in [9.17, 15) is 4.79 Å². The molecule has 3 aromatic rings. The molecule has 0 bridgehead atoms. The lowest BCUT2D eigenvalue weighted by atomic mass is 10.2. The minimum atomic E-state index is 0.0451.